The van der Waals surface area contributed by atoms with Crippen LogP contribution in [0.15, 0.2) is 0 Å². The van der Waals surface area contributed by atoms with Crippen LogP contribution < -0.4 is 5.32 Å². The molecule has 0 aromatic rings. The van der Waals surface area contributed by atoms with Crippen molar-refractivity contribution >= 4 is 5.97 Å². The summed E-state index contributed by atoms with van der Waals surface area (Å²) in [5.74, 6) is 60.0. The molecule has 38 heavy (non-hydrogen) atoms. The summed E-state index contributed by atoms with van der Waals surface area (Å²) in [4.78, 5) is 10.3. The number of terminal acetylenes is 3. The molecular formula is C35H17NO2. The van der Waals surface area contributed by atoms with E-state index < -0.39 is 5.97 Å². The molecule has 0 aromatic carbocycles. The highest BCUT2D eigenvalue weighted by atomic mass is 16.4. The summed E-state index contributed by atoms with van der Waals surface area (Å²) in [6.45, 7) is 4.60. The molecule has 174 valence electrons. The topological polar surface area (TPSA) is 49.3 Å². The van der Waals surface area contributed by atoms with Crippen molar-refractivity contribution in [2.45, 2.75) is 26.3 Å². The van der Waals surface area contributed by atoms with E-state index in [-0.39, 0.29) is 6.04 Å². The molecule has 2 atom stereocenters. The van der Waals surface area contributed by atoms with Crippen molar-refractivity contribution in [3.8, 4) is 167 Å². The molecule has 2 N–H and O–H groups in total. The molecule has 1 rings (SSSR count). The first kappa shape index (κ1) is 33.4. The fraction of sp³-hybridized carbons (Fsp3) is 0.171. The van der Waals surface area contributed by atoms with Crippen LogP contribution in [0, 0.1) is 173 Å². The van der Waals surface area contributed by atoms with Crippen molar-refractivity contribution < 1.29 is 9.90 Å². The zero-order valence-electron chi connectivity index (χ0n) is 20.7. The van der Waals surface area contributed by atoms with E-state index in [4.69, 9.17) is 24.4 Å². The van der Waals surface area contributed by atoms with Crippen molar-refractivity contribution in [1.82, 2.24) is 5.32 Å². The van der Waals surface area contributed by atoms with Crippen LogP contribution in [0.5, 0.6) is 0 Å². The molecule has 2 unspecified atom stereocenters. The molecule has 0 spiro atoms. The SMILES string of the molecule is C#CC#CC#CC#CC#CC#CC#C.C#CC#CC#CC#CC#CC#CC#CC.CC1CNC(C(=O)O)C1. The van der Waals surface area contributed by atoms with Gasteiger partial charge in [-0.1, -0.05) is 12.8 Å². The Balaban J connectivity index is 0. The third kappa shape index (κ3) is 27.3. The highest BCUT2D eigenvalue weighted by Crippen LogP contribution is 2.11. The number of hydrogen-bond acceptors (Lipinski definition) is 2. The van der Waals surface area contributed by atoms with Gasteiger partial charge in [-0.2, -0.15) is 0 Å². The van der Waals surface area contributed by atoms with Crippen LogP contribution in [0.4, 0.5) is 0 Å². The van der Waals surface area contributed by atoms with Crippen molar-refractivity contribution in [3.05, 3.63) is 0 Å². The van der Waals surface area contributed by atoms with Crippen molar-refractivity contribution in [2.24, 2.45) is 5.92 Å². The van der Waals surface area contributed by atoms with E-state index in [1.54, 1.807) is 6.92 Å². The third-order valence-electron chi connectivity index (χ3n) is 3.18. The first-order chi connectivity index (χ1) is 18.5. The van der Waals surface area contributed by atoms with E-state index in [9.17, 15) is 4.79 Å². The average Bonchev–Trinajstić information content (AvgIpc) is 3.36. The second kappa shape index (κ2) is 28.3. The van der Waals surface area contributed by atoms with E-state index >= 15 is 0 Å². The summed E-state index contributed by atoms with van der Waals surface area (Å²) < 4.78 is 0. The summed E-state index contributed by atoms with van der Waals surface area (Å²) in [6.07, 6.45) is 15.4. The van der Waals surface area contributed by atoms with Gasteiger partial charge in [-0.3, -0.25) is 4.79 Å². The quantitative estimate of drug-likeness (QED) is 0.548. The largest absolute Gasteiger partial charge is 0.480 e. The lowest BCUT2D eigenvalue weighted by Gasteiger charge is -2.00. The number of carboxylic acids is 1. The molecular weight excluding hydrogens is 466 g/mol. The monoisotopic (exact) mass is 483 g/mol. The molecule has 1 aliphatic heterocycles. The predicted octanol–water partition coefficient (Wildman–Crippen LogP) is 0.999. The number of carboxylic acid groups (broad SMARTS) is 1. The highest BCUT2D eigenvalue weighted by Gasteiger charge is 2.25. The molecule has 1 fully saturated rings. The van der Waals surface area contributed by atoms with E-state index in [0.29, 0.717) is 5.92 Å². The molecule has 3 nitrogen and oxygen atoms in total. The van der Waals surface area contributed by atoms with Gasteiger partial charge in [0.15, 0.2) is 0 Å². The Morgan fingerprint density at radius 3 is 1.08 bits per heavy atom. The Labute approximate surface area is 227 Å². The molecule has 0 radical (unpaired) electrons. The Morgan fingerprint density at radius 2 is 0.895 bits per heavy atom. The Kier molecular flexibility index (Phi) is 24.9. The maximum atomic E-state index is 10.3. The number of aliphatic carboxylic acids is 1. The average molecular weight is 484 g/mol. The third-order valence-corrected chi connectivity index (χ3v) is 3.18. The van der Waals surface area contributed by atoms with Crippen LogP contribution in [0.25, 0.3) is 0 Å². The van der Waals surface area contributed by atoms with Gasteiger partial charge in [0.05, 0.1) is 0 Å². The molecule has 0 aromatic heterocycles. The smallest absolute Gasteiger partial charge is 0.320 e. The lowest BCUT2D eigenvalue weighted by atomic mass is 10.1. The summed E-state index contributed by atoms with van der Waals surface area (Å²) in [7, 11) is 0. The Hall–Kier alpha value is -6.73. The minimum Gasteiger partial charge on any atom is -0.480 e. The van der Waals surface area contributed by atoms with Gasteiger partial charge in [0, 0.05) is 0 Å². The predicted molar refractivity (Wildman–Crippen MR) is 151 cm³/mol. The Morgan fingerprint density at radius 1 is 0.605 bits per heavy atom. The van der Waals surface area contributed by atoms with Gasteiger partial charge >= 0.3 is 5.97 Å². The summed E-state index contributed by atoms with van der Waals surface area (Å²) in [5.41, 5.74) is 0. The summed E-state index contributed by atoms with van der Waals surface area (Å²) in [6, 6.07) is -0.292. The van der Waals surface area contributed by atoms with Crippen LogP contribution in [-0.4, -0.2) is 23.7 Å². The van der Waals surface area contributed by atoms with E-state index in [1.807, 2.05) is 0 Å². The minimum absolute atomic E-state index is 0.292. The van der Waals surface area contributed by atoms with Crippen LogP contribution in [0.1, 0.15) is 20.3 Å². The fourth-order valence-corrected chi connectivity index (χ4v) is 1.80. The van der Waals surface area contributed by atoms with Gasteiger partial charge in [-0.05, 0) is 168 Å². The van der Waals surface area contributed by atoms with Gasteiger partial charge in [-0.15, -0.1) is 19.3 Å². The molecule has 3 heteroatoms. The zero-order valence-corrected chi connectivity index (χ0v) is 20.7. The van der Waals surface area contributed by atoms with Crippen LogP contribution >= 0.6 is 0 Å². The molecule has 0 saturated carbocycles. The molecule has 0 amide bonds. The van der Waals surface area contributed by atoms with Gasteiger partial charge in [0.25, 0.3) is 0 Å². The first-order valence-corrected chi connectivity index (χ1v) is 10.3. The van der Waals surface area contributed by atoms with Crippen LogP contribution in [0.3, 0.4) is 0 Å². The normalized spacial score (nSPS) is 11.0. The highest BCUT2D eigenvalue weighted by molar-refractivity contribution is 5.73. The molecule has 1 heterocycles. The van der Waals surface area contributed by atoms with E-state index in [1.165, 1.54) is 0 Å². The van der Waals surface area contributed by atoms with Crippen molar-refractivity contribution in [1.29, 1.82) is 0 Å². The zero-order chi connectivity index (χ0) is 28.5. The molecule has 0 aliphatic carbocycles. The minimum atomic E-state index is -0.723. The lowest BCUT2D eigenvalue weighted by molar-refractivity contribution is -0.139. The van der Waals surface area contributed by atoms with Gasteiger partial charge in [-0.25, -0.2) is 0 Å². The van der Waals surface area contributed by atoms with Crippen LogP contribution in [-0.2, 0) is 4.79 Å². The van der Waals surface area contributed by atoms with Gasteiger partial charge in [0.1, 0.15) is 6.04 Å². The fourth-order valence-electron chi connectivity index (χ4n) is 1.80. The maximum Gasteiger partial charge on any atom is 0.320 e. The van der Waals surface area contributed by atoms with E-state index in [2.05, 4.69) is 160 Å². The van der Waals surface area contributed by atoms with Crippen molar-refractivity contribution in [3.63, 3.8) is 0 Å². The molecule has 0 bridgehead atoms. The summed E-state index contributed by atoms with van der Waals surface area (Å²) >= 11 is 0. The van der Waals surface area contributed by atoms with Gasteiger partial charge < -0.3 is 10.4 Å². The van der Waals surface area contributed by atoms with Crippen molar-refractivity contribution in [2.75, 3.05) is 6.54 Å². The lowest BCUT2D eigenvalue weighted by Crippen LogP contribution is -2.29. The standard InChI is InChI=1S/C15H4.C14H2.C6H11NO2/c1-3-5-7-9-11-13-15-14-12-10-8-6-4-2;1-3-5-7-9-11-13-14-12-10-8-6-4-2;1-4-2-5(6(8)9)7-3-4/h1H,2H3;1-2H;4-5,7H,2-3H2,1H3,(H,8,9). The molecule has 1 aliphatic rings. The Bertz CT molecular complexity index is 1630. The number of rotatable bonds is 1. The van der Waals surface area contributed by atoms with Crippen LogP contribution in [0.2, 0.25) is 0 Å². The number of nitrogens with one attached hydrogen (secondary N) is 1. The second-order valence-electron chi connectivity index (χ2n) is 5.95. The van der Waals surface area contributed by atoms with E-state index in [0.717, 1.165) is 13.0 Å². The maximum absolute atomic E-state index is 10.3. The van der Waals surface area contributed by atoms with Gasteiger partial charge in [0.2, 0.25) is 0 Å². The first-order valence-electron chi connectivity index (χ1n) is 10.3. The number of hydrogen-bond donors (Lipinski definition) is 2. The molecule has 1 saturated heterocycles. The summed E-state index contributed by atoms with van der Waals surface area (Å²) in [5, 5.41) is 11.4. The second-order valence-corrected chi connectivity index (χ2v) is 5.95. The number of carbonyl (C=O) groups is 1.